The van der Waals surface area contributed by atoms with Crippen LogP contribution in [0.25, 0.3) is 10.2 Å². The first-order valence-corrected chi connectivity index (χ1v) is 12.5. The van der Waals surface area contributed by atoms with Crippen molar-refractivity contribution in [3.8, 4) is 0 Å². The number of carbonyl (C=O) groups is 2. The van der Waals surface area contributed by atoms with E-state index in [1.165, 1.54) is 12.1 Å². The summed E-state index contributed by atoms with van der Waals surface area (Å²) in [5.74, 6) is -1.07. The standard InChI is InChI=1S/C25H27F3N4O4S/c1-31(22(34)10-15-5-6-21-19(9-15)30-24(36)37-21)20(13-32-8-7-18(33)12-32)16-3-2-4-17(11-16)23(35)29-14-25(26,27)28/h2-6,9,11,18,20,33H,7-8,10,12-14H2,1H3,(H,29,35)(H,30,36)/t18?,20-/m1/s1. The number of thiazole rings is 1. The third kappa shape index (κ3) is 6.96. The number of hydrogen-bond acceptors (Lipinski definition) is 6. The largest absolute Gasteiger partial charge is 0.405 e. The molecule has 2 atom stereocenters. The first-order valence-electron chi connectivity index (χ1n) is 11.7. The number of hydrogen-bond donors (Lipinski definition) is 3. The lowest BCUT2D eigenvalue weighted by Gasteiger charge is -2.32. The Morgan fingerprint density at radius 2 is 2.05 bits per heavy atom. The van der Waals surface area contributed by atoms with Crippen LogP contribution >= 0.6 is 11.3 Å². The van der Waals surface area contributed by atoms with E-state index in [1.807, 2.05) is 10.2 Å². The van der Waals surface area contributed by atoms with E-state index in [0.29, 0.717) is 42.7 Å². The Balaban J connectivity index is 1.56. The number of rotatable bonds is 8. The maximum absolute atomic E-state index is 13.3. The fourth-order valence-corrected chi connectivity index (χ4v) is 5.14. The number of likely N-dealkylation sites (tertiary alicyclic amines) is 1. The van der Waals surface area contributed by atoms with Crippen LogP contribution in [0.2, 0.25) is 0 Å². The molecular formula is C25H27F3N4O4S. The first kappa shape index (κ1) is 26.8. The number of β-amino-alcohol motifs (C(OH)–C–C–N with tert-alkyl or cyclic N) is 1. The summed E-state index contributed by atoms with van der Waals surface area (Å²) in [6.07, 6.45) is -4.34. The van der Waals surface area contributed by atoms with Gasteiger partial charge in [0, 0.05) is 32.2 Å². The van der Waals surface area contributed by atoms with Gasteiger partial charge in [0.2, 0.25) is 5.91 Å². The Kier molecular flexibility index (Phi) is 8.00. The minimum absolute atomic E-state index is 0.0564. The highest BCUT2D eigenvalue weighted by Crippen LogP contribution is 2.26. The zero-order chi connectivity index (χ0) is 26.7. The molecule has 1 unspecified atom stereocenters. The number of likely N-dealkylation sites (N-methyl/N-ethyl adjacent to an activating group) is 1. The number of alkyl halides is 3. The van der Waals surface area contributed by atoms with Crippen LogP contribution in [-0.4, -0.2) is 77.2 Å². The second-order valence-corrected chi connectivity index (χ2v) is 10.2. The number of H-pyrrole nitrogens is 1. The van der Waals surface area contributed by atoms with Gasteiger partial charge in [0.25, 0.3) is 5.91 Å². The van der Waals surface area contributed by atoms with E-state index in [1.54, 1.807) is 42.3 Å². The highest BCUT2D eigenvalue weighted by Gasteiger charge is 2.30. The number of aromatic amines is 1. The lowest BCUT2D eigenvalue weighted by atomic mass is 10.0. The van der Waals surface area contributed by atoms with Crippen molar-refractivity contribution in [1.29, 1.82) is 0 Å². The van der Waals surface area contributed by atoms with Gasteiger partial charge in [0.15, 0.2) is 0 Å². The SMILES string of the molecule is CN(C(=O)Cc1ccc2sc(=O)[nH]c2c1)[C@H](CN1CCC(O)C1)c1cccc(C(=O)NCC(F)(F)F)c1. The van der Waals surface area contributed by atoms with Gasteiger partial charge < -0.3 is 20.3 Å². The van der Waals surface area contributed by atoms with E-state index in [4.69, 9.17) is 0 Å². The summed E-state index contributed by atoms with van der Waals surface area (Å²) in [7, 11) is 1.64. The molecule has 0 bridgehead atoms. The highest BCUT2D eigenvalue weighted by molar-refractivity contribution is 7.16. The number of nitrogens with zero attached hydrogens (tertiary/aromatic N) is 2. The summed E-state index contributed by atoms with van der Waals surface area (Å²) >= 11 is 1.09. The summed E-state index contributed by atoms with van der Waals surface area (Å²) in [6.45, 7) is 0.00716. The Morgan fingerprint density at radius 3 is 2.76 bits per heavy atom. The Labute approximate surface area is 214 Å². The fourth-order valence-electron chi connectivity index (χ4n) is 4.43. The van der Waals surface area contributed by atoms with Gasteiger partial charge in [-0.2, -0.15) is 13.2 Å². The van der Waals surface area contributed by atoms with Crippen molar-refractivity contribution < 1.29 is 27.9 Å². The molecule has 0 spiro atoms. The minimum atomic E-state index is -4.53. The van der Waals surface area contributed by atoms with Crippen LogP contribution in [0.5, 0.6) is 0 Å². The minimum Gasteiger partial charge on any atom is -0.392 e. The quantitative estimate of drug-likeness (QED) is 0.411. The molecule has 0 saturated carbocycles. The maximum atomic E-state index is 13.3. The normalized spacial score (nSPS) is 17.2. The molecule has 198 valence electrons. The van der Waals surface area contributed by atoms with Crippen LogP contribution in [0, 0.1) is 0 Å². The molecular weight excluding hydrogens is 509 g/mol. The first-order chi connectivity index (χ1) is 17.5. The predicted octanol–water partition coefficient (Wildman–Crippen LogP) is 2.69. The number of aromatic nitrogens is 1. The van der Waals surface area contributed by atoms with E-state index in [-0.39, 0.29) is 22.8 Å². The number of amides is 2. The molecule has 3 N–H and O–H groups in total. The molecule has 4 rings (SSSR count). The van der Waals surface area contributed by atoms with Crippen molar-refractivity contribution in [2.24, 2.45) is 0 Å². The summed E-state index contributed by atoms with van der Waals surface area (Å²) in [5.41, 5.74) is 2.02. The monoisotopic (exact) mass is 536 g/mol. The topological polar surface area (TPSA) is 106 Å². The molecule has 2 heterocycles. The number of nitrogens with one attached hydrogen (secondary N) is 2. The van der Waals surface area contributed by atoms with E-state index in [0.717, 1.165) is 16.0 Å². The van der Waals surface area contributed by atoms with Gasteiger partial charge in [-0.05, 0) is 41.8 Å². The second-order valence-electron chi connectivity index (χ2n) is 9.17. The molecule has 2 amide bonds. The van der Waals surface area contributed by atoms with Crippen LogP contribution in [0.15, 0.2) is 47.3 Å². The fraction of sp³-hybridized carbons (Fsp3) is 0.400. The van der Waals surface area contributed by atoms with E-state index in [2.05, 4.69) is 4.98 Å². The zero-order valence-electron chi connectivity index (χ0n) is 20.0. The molecule has 3 aromatic rings. The third-order valence-electron chi connectivity index (χ3n) is 6.36. The molecule has 12 heteroatoms. The molecule has 8 nitrogen and oxygen atoms in total. The van der Waals surface area contributed by atoms with Crippen LogP contribution < -0.4 is 10.2 Å². The number of carbonyl (C=O) groups excluding carboxylic acids is 2. The van der Waals surface area contributed by atoms with Crippen molar-refractivity contribution in [2.45, 2.75) is 31.2 Å². The summed E-state index contributed by atoms with van der Waals surface area (Å²) in [6, 6.07) is 11.0. The molecule has 2 aromatic carbocycles. The smallest absolute Gasteiger partial charge is 0.392 e. The van der Waals surface area contributed by atoms with Gasteiger partial charge in [0.05, 0.1) is 28.8 Å². The number of aliphatic hydroxyl groups is 1. The maximum Gasteiger partial charge on any atom is 0.405 e. The average molecular weight is 537 g/mol. The van der Waals surface area contributed by atoms with Crippen molar-refractivity contribution in [3.05, 3.63) is 68.8 Å². The van der Waals surface area contributed by atoms with Crippen LogP contribution in [-0.2, 0) is 11.2 Å². The summed E-state index contributed by atoms with van der Waals surface area (Å²) in [5, 5.41) is 11.8. The van der Waals surface area contributed by atoms with Gasteiger partial charge in [0.1, 0.15) is 6.54 Å². The molecule has 1 saturated heterocycles. The molecule has 1 aliphatic heterocycles. The van der Waals surface area contributed by atoms with E-state index < -0.39 is 30.8 Å². The molecule has 37 heavy (non-hydrogen) atoms. The predicted molar refractivity (Wildman–Crippen MR) is 134 cm³/mol. The molecule has 0 radical (unpaired) electrons. The number of aliphatic hydroxyl groups excluding tert-OH is 1. The van der Waals surface area contributed by atoms with Crippen LogP contribution in [0.1, 0.15) is 33.9 Å². The highest BCUT2D eigenvalue weighted by atomic mass is 32.1. The molecule has 1 aliphatic rings. The van der Waals surface area contributed by atoms with Gasteiger partial charge in [-0.15, -0.1) is 0 Å². The van der Waals surface area contributed by atoms with E-state index >= 15 is 0 Å². The summed E-state index contributed by atoms with van der Waals surface area (Å²) in [4.78, 5) is 43.4. The Morgan fingerprint density at radius 1 is 1.27 bits per heavy atom. The van der Waals surface area contributed by atoms with Crippen molar-refractivity contribution in [2.75, 3.05) is 33.2 Å². The Hall–Kier alpha value is -3.22. The van der Waals surface area contributed by atoms with Gasteiger partial charge in [-0.3, -0.25) is 19.3 Å². The van der Waals surface area contributed by atoms with Gasteiger partial charge in [-0.25, -0.2) is 0 Å². The van der Waals surface area contributed by atoms with E-state index in [9.17, 15) is 32.7 Å². The molecule has 0 aliphatic carbocycles. The second kappa shape index (κ2) is 11.0. The van der Waals surface area contributed by atoms with Crippen molar-refractivity contribution in [1.82, 2.24) is 20.1 Å². The number of fused-ring (bicyclic) bond motifs is 1. The lowest BCUT2D eigenvalue weighted by molar-refractivity contribution is -0.131. The third-order valence-corrected chi connectivity index (χ3v) is 7.22. The average Bonchev–Trinajstić information content (AvgIpc) is 3.43. The van der Waals surface area contributed by atoms with Crippen molar-refractivity contribution >= 4 is 33.4 Å². The summed E-state index contributed by atoms with van der Waals surface area (Å²) < 4.78 is 38.5. The van der Waals surface area contributed by atoms with Gasteiger partial charge >= 0.3 is 11.0 Å². The number of halogens is 3. The number of benzene rings is 2. The zero-order valence-corrected chi connectivity index (χ0v) is 20.9. The van der Waals surface area contributed by atoms with Crippen LogP contribution in [0.4, 0.5) is 13.2 Å². The van der Waals surface area contributed by atoms with Crippen molar-refractivity contribution in [3.63, 3.8) is 0 Å². The molecule has 1 aromatic heterocycles. The Bertz CT molecular complexity index is 1340. The molecule has 1 fully saturated rings. The van der Waals surface area contributed by atoms with Gasteiger partial charge in [-0.1, -0.05) is 29.5 Å². The van der Waals surface area contributed by atoms with Crippen LogP contribution in [0.3, 0.4) is 0 Å². The lowest BCUT2D eigenvalue weighted by Crippen LogP contribution is -2.40.